The zero-order valence-electron chi connectivity index (χ0n) is 15.3. The van der Waals surface area contributed by atoms with Crippen molar-refractivity contribution in [3.05, 3.63) is 77.1 Å². The molecule has 1 saturated heterocycles. The maximum Gasteiger partial charge on any atom is 0.264 e. The number of imidazole rings is 1. The van der Waals surface area contributed by atoms with Gasteiger partial charge in [0, 0.05) is 6.08 Å². The summed E-state index contributed by atoms with van der Waals surface area (Å²) < 4.78 is 18.8. The molecule has 5 rings (SSSR count). The Morgan fingerprint density at radius 2 is 1.93 bits per heavy atom. The van der Waals surface area contributed by atoms with Gasteiger partial charge in [-0.2, -0.15) is 0 Å². The number of thioether (sulfide) groups is 1. The lowest BCUT2D eigenvalue weighted by Gasteiger charge is -1.95. The number of carbonyl (C=O) groups excluding carboxylic acids is 1. The van der Waals surface area contributed by atoms with Crippen molar-refractivity contribution >= 4 is 57.4 Å². The van der Waals surface area contributed by atoms with Crippen LogP contribution in [0.4, 0.5) is 10.1 Å². The van der Waals surface area contributed by atoms with E-state index >= 15 is 0 Å². The number of aliphatic imine (C=N–C) groups is 1. The van der Waals surface area contributed by atoms with E-state index in [1.807, 2.05) is 30.3 Å². The summed E-state index contributed by atoms with van der Waals surface area (Å²) in [7, 11) is 0. The molecule has 4 aromatic rings. The molecule has 9 heteroatoms. The van der Waals surface area contributed by atoms with Crippen molar-refractivity contribution in [1.82, 2.24) is 15.3 Å². The summed E-state index contributed by atoms with van der Waals surface area (Å²) >= 11 is 2.57. The smallest absolute Gasteiger partial charge is 0.264 e. The van der Waals surface area contributed by atoms with Crippen molar-refractivity contribution in [3.8, 4) is 0 Å². The fourth-order valence-electron chi connectivity index (χ4n) is 2.78. The van der Waals surface area contributed by atoms with Crippen LogP contribution in [0.2, 0.25) is 0 Å². The second kappa shape index (κ2) is 7.85. The fraction of sp³-hybridized carbons (Fsp3) is 0. The molecule has 0 radical (unpaired) electrons. The Morgan fingerprint density at radius 3 is 2.77 bits per heavy atom. The summed E-state index contributed by atoms with van der Waals surface area (Å²) in [6.45, 7) is 0. The molecule has 1 aliphatic rings. The monoisotopic (exact) mass is 436 g/mol. The van der Waals surface area contributed by atoms with E-state index in [2.05, 4.69) is 20.3 Å². The maximum atomic E-state index is 13.0. The zero-order valence-corrected chi connectivity index (χ0v) is 16.9. The number of hydrogen-bond donors (Lipinski definition) is 2. The Labute approximate surface area is 178 Å². The van der Waals surface area contributed by atoms with Crippen LogP contribution in [0.15, 0.2) is 85.2 Å². The van der Waals surface area contributed by atoms with Gasteiger partial charge in [-0.25, -0.2) is 14.4 Å². The van der Waals surface area contributed by atoms with E-state index in [4.69, 9.17) is 4.42 Å². The first-order valence-corrected chi connectivity index (χ1v) is 10.5. The van der Waals surface area contributed by atoms with Gasteiger partial charge in [0.15, 0.2) is 15.4 Å². The summed E-state index contributed by atoms with van der Waals surface area (Å²) in [4.78, 5) is 24.8. The molecule has 0 spiro atoms. The first-order chi connectivity index (χ1) is 14.6. The van der Waals surface area contributed by atoms with E-state index in [0.717, 1.165) is 16.2 Å². The molecule has 148 valence electrons. The SMILES string of the molecule is O=C1NC(=Nc2ccc(F)cc2)S/C1=C\c1ccc(Sc2nc3ccccc3[nH]2)o1. The van der Waals surface area contributed by atoms with Gasteiger partial charge in [0.25, 0.3) is 5.91 Å². The third-order valence-electron chi connectivity index (χ3n) is 4.15. The summed E-state index contributed by atoms with van der Waals surface area (Å²) in [5, 5.41) is 4.52. The van der Waals surface area contributed by atoms with Crippen molar-refractivity contribution in [3.63, 3.8) is 0 Å². The van der Waals surface area contributed by atoms with Gasteiger partial charge in [-0.15, -0.1) is 0 Å². The minimum absolute atomic E-state index is 0.260. The Bertz CT molecular complexity index is 1280. The summed E-state index contributed by atoms with van der Waals surface area (Å²) in [6, 6.07) is 17.1. The maximum absolute atomic E-state index is 13.0. The van der Waals surface area contributed by atoms with E-state index in [0.29, 0.717) is 26.6 Å². The number of amidine groups is 1. The molecule has 0 saturated carbocycles. The minimum Gasteiger partial charge on any atom is -0.450 e. The van der Waals surface area contributed by atoms with E-state index in [1.54, 1.807) is 24.3 Å². The van der Waals surface area contributed by atoms with E-state index in [1.165, 1.54) is 35.7 Å². The number of amides is 1. The summed E-state index contributed by atoms with van der Waals surface area (Å²) in [5.74, 6) is -0.0465. The molecule has 3 heterocycles. The average Bonchev–Trinajstić information content (AvgIpc) is 3.43. The number of nitrogens with one attached hydrogen (secondary N) is 2. The largest absolute Gasteiger partial charge is 0.450 e. The molecular weight excluding hydrogens is 423 g/mol. The number of para-hydroxylation sites is 2. The molecule has 6 nitrogen and oxygen atoms in total. The highest BCUT2D eigenvalue weighted by Gasteiger charge is 2.24. The van der Waals surface area contributed by atoms with Crippen LogP contribution in [-0.4, -0.2) is 21.0 Å². The van der Waals surface area contributed by atoms with Gasteiger partial charge in [-0.1, -0.05) is 12.1 Å². The van der Waals surface area contributed by atoms with Gasteiger partial charge in [0.2, 0.25) is 0 Å². The number of hydrogen-bond acceptors (Lipinski definition) is 6. The molecule has 0 aliphatic carbocycles. The number of aromatic amines is 1. The third kappa shape index (κ3) is 4.03. The van der Waals surface area contributed by atoms with Crippen molar-refractivity contribution in [1.29, 1.82) is 0 Å². The van der Waals surface area contributed by atoms with E-state index < -0.39 is 0 Å². The molecule has 1 amide bonds. The Hall–Kier alpha value is -3.30. The highest BCUT2D eigenvalue weighted by Crippen LogP contribution is 2.32. The second-order valence-electron chi connectivity index (χ2n) is 6.28. The second-order valence-corrected chi connectivity index (χ2v) is 8.30. The molecule has 2 aromatic carbocycles. The van der Waals surface area contributed by atoms with Gasteiger partial charge < -0.3 is 14.7 Å². The number of fused-ring (bicyclic) bond motifs is 1. The average molecular weight is 436 g/mol. The third-order valence-corrected chi connectivity index (χ3v) is 5.87. The lowest BCUT2D eigenvalue weighted by Crippen LogP contribution is -2.19. The highest BCUT2D eigenvalue weighted by atomic mass is 32.2. The van der Waals surface area contributed by atoms with Crippen LogP contribution < -0.4 is 5.32 Å². The normalized spacial score (nSPS) is 16.6. The number of aromatic nitrogens is 2. The van der Waals surface area contributed by atoms with Crippen LogP contribution in [0, 0.1) is 5.82 Å². The first-order valence-electron chi connectivity index (χ1n) is 8.90. The minimum atomic E-state index is -0.336. The standard InChI is InChI=1S/C21H13FN4O2S2/c22-12-5-7-13(8-6-12)23-20-26-19(27)17(29-20)11-14-9-10-18(28-14)30-21-24-15-3-1-2-4-16(15)25-21/h1-11H,(H,24,25)(H,23,26,27)/b17-11-. The molecule has 2 N–H and O–H groups in total. The quantitative estimate of drug-likeness (QED) is 0.422. The number of nitrogens with zero attached hydrogens (tertiary/aromatic N) is 2. The van der Waals surface area contributed by atoms with Crippen LogP contribution in [0.3, 0.4) is 0 Å². The van der Waals surface area contributed by atoms with Crippen LogP contribution >= 0.6 is 23.5 Å². The van der Waals surface area contributed by atoms with E-state index in [9.17, 15) is 9.18 Å². The van der Waals surface area contributed by atoms with Gasteiger partial charge in [-0.05, 0) is 72.1 Å². The molecule has 1 aliphatic heterocycles. The Balaban J connectivity index is 1.31. The van der Waals surface area contributed by atoms with Gasteiger partial charge >= 0.3 is 0 Å². The van der Waals surface area contributed by atoms with Gasteiger partial charge in [0.1, 0.15) is 11.6 Å². The predicted octanol–water partition coefficient (Wildman–Crippen LogP) is 5.34. The molecular formula is C21H13FN4O2S2. The van der Waals surface area contributed by atoms with Crippen LogP contribution in [0.1, 0.15) is 5.76 Å². The lowest BCUT2D eigenvalue weighted by atomic mass is 10.3. The number of H-pyrrole nitrogens is 1. The number of carbonyl (C=O) groups is 1. The topological polar surface area (TPSA) is 83.3 Å². The van der Waals surface area contributed by atoms with Crippen molar-refractivity contribution in [2.45, 2.75) is 10.2 Å². The van der Waals surface area contributed by atoms with Crippen molar-refractivity contribution < 1.29 is 13.6 Å². The molecule has 1 fully saturated rings. The molecule has 30 heavy (non-hydrogen) atoms. The molecule has 2 aromatic heterocycles. The van der Waals surface area contributed by atoms with Crippen LogP contribution in [0.25, 0.3) is 17.1 Å². The van der Waals surface area contributed by atoms with Crippen LogP contribution in [0.5, 0.6) is 0 Å². The zero-order chi connectivity index (χ0) is 20.5. The Kier molecular flexibility index (Phi) is 4.89. The van der Waals surface area contributed by atoms with Crippen molar-refractivity contribution in [2.24, 2.45) is 4.99 Å². The van der Waals surface area contributed by atoms with Gasteiger partial charge in [0.05, 0.1) is 21.6 Å². The van der Waals surface area contributed by atoms with Crippen molar-refractivity contribution in [2.75, 3.05) is 0 Å². The number of benzene rings is 2. The summed E-state index contributed by atoms with van der Waals surface area (Å²) in [5.41, 5.74) is 2.41. The van der Waals surface area contributed by atoms with Crippen LogP contribution in [-0.2, 0) is 4.79 Å². The van der Waals surface area contributed by atoms with E-state index in [-0.39, 0.29) is 11.7 Å². The summed E-state index contributed by atoms with van der Waals surface area (Å²) in [6.07, 6.45) is 1.66. The fourth-order valence-corrected chi connectivity index (χ4v) is 4.37. The Morgan fingerprint density at radius 1 is 1.10 bits per heavy atom. The number of rotatable bonds is 4. The molecule has 0 atom stereocenters. The molecule has 0 unspecified atom stereocenters. The number of halogens is 1. The first kappa shape index (κ1) is 18.7. The predicted molar refractivity (Wildman–Crippen MR) is 116 cm³/mol. The highest BCUT2D eigenvalue weighted by molar-refractivity contribution is 8.18. The lowest BCUT2D eigenvalue weighted by molar-refractivity contribution is -0.115. The molecule has 0 bridgehead atoms. The van der Waals surface area contributed by atoms with Gasteiger partial charge in [-0.3, -0.25) is 4.79 Å². The number of furan rings is 1.